The van der Waals surface area contributed by atoms with Crippen LogP contribution in [0.15, 0.2) is 17.5 Å². The van der Waals surface area contributed by atoms with Crippen molar-refractivity contribution in [3.05, 3.63) is 26.8 Å². The van der Waals surface area contributed by atoms with Crippen molar-refractivity contribution in [3.8, 4) is 0 Å². The Labute approximate surface area is 207 Å². The molecule has 0 spiro atoms. The summed E-state index contributed by atoms with van der Waals surface area (Å²) in [7, 11) is -5.11. The van der Waals surface area contributed by atoms with Crippen molar-refractivity contribution in [2.45, 2.75) is 85.2 Å². The lowest BCUT2D eigenvalue weighted by Crippen LogP contribution is -2.50. The van der Waals surface area contributed by atoms with Gasteiger partial charge in [0.15, 0.2) is 0 Å². The quantitative estimate of drug-likeness (QED) is 0.181. The molecule has 0 N–H and O–H groups in total. The van der Waals surface area contributed by atoms with E-state index in [1.54, 1.807) is 0 Å². The van der Waals surface area contributed by atoms with Crippen molar-refractivity contribution >= 4 is 38.6 Å². The van der Waals surface area contributed by atoms with Gasteiger partial charge in [-0.2, -0.15) is 13.2 Å². The number of hydrogen-bond acceptors (Lipinski definition) is 4. The molecule has 194 valence electrons. The first-order valence-electron chi connectivity index (χ1n) is 11.7. The molecule has 1 rings (SSSR count). The lowest BCUT2D eigenvalue weighted by molar-refractivity contribution is -0.929. The molecule has 0 atom stereocenters. The summed E-state index contributed by atoms with van der Waals surface area (Å²) >= 11 is 5.96. The fourth-order valence-electron chi connectivity index (χ4n) is 3.51. The minimum absolute atomic E-state index is 0.0634. The van der Waals surface area contributed by atoms with E-state index in [2.05, 4.69) is 27.7 Å². The van der Waals surface area contributed by atoms with E-state index >= 15 is 0 Å². The minimum atomic E-state index is -5.11. The van der Waals surface area contributed by atoms with Gasteiger partial charge in [0.1, 0.15) is 10.1 Å². The normalized spacial score (nSPS) is 13.1. The second kappa shape index (κ2) is 16.1. The Kier molecular flexibility index (Phi) is 15.8. The molecule has 0 aromatic carbocycles. The van der Waals surface area contributed by atoms with Gasteiger partial charge in [-0.25, -0.2) is 8.42 Å². The van der Waals surface area contributed by atoms with Gasteiger partial charge in [-0.15, -0.1) is 11.3 Å². The molecule has 0 aliphatic heterocycles. The molecule has 0 amide bonds. The summed E-state index contributed by atoms with van der Waals surface area (Å²) in [5.74, 6) is 0. The van der Waals surface area contributed by atoms with E-state index < -0.39 is 26.7 Å². The third-order valence-electron chi connectivity index (χ3n) is 5.35. The van der Waals surface area contributed by atoms with Crippen molar-refractivity contribution in [1.82, 2.24) is 0 Å². The van der Waals surface area contributed by atoms with E-state index in [1.807, 2.05) is 0 Å². The van der Waals surface area contributed by atoms with Gasteiger partial charge in [0.05, 0.1) is 36.1 Å². The van der Waals surface area contributed by atoms with E-state index in [0.29, 0.717) is 11.3 Å². The number of rotatable bonds is 14. The van der Waals surface area contributed by atoms with Crippen LogP contribution in [0.2, 0.25) is 4.34 Å². The third-order valence-corrected chi connectivity index (χ3v) is 7.14. The van der Waals surface area contributed by atoms with Crippen molar-refractivity contribution in [3.63, 3.8) is 0 Å². The summed E-state index contributed by atoms with van der Waals surface area (Å²) in [6.45, 7) is 15.0. The van der Waals surface area contributed by atoms with E-state index in [-0.39, 0.29) is 9.74 Å². The summed E-state index contributed by atoms with van der Waals surface area (Å²) in [5.41, 5.74) is -1.51. The number of alkyl halides is 3. The summed E-state index contributed by atoms with van der Waals surface area (Å²) in [6, 6.07) is 2.18. The Morgan fingerprint density at radius 1 is 0.939 bits per heavy atom. The van der Waals surface area contributed by atoms with Crippen molar-refractivity contribution in [1.29, 1.82) is 0 Å². The number of halogens is 4. The fourth-order valence-corrected chi connectivity index (χ4v) is 5.22. The van der Waals surface area contributed by atoms with E-state index in [0.717, 1.165) is 6.07 Å². The minimum Gasteiger partial charge on any atom is -0.744 e. The van der Waals surface area contributed by atoms with Crippen molar-refractivity contribution in [2.75, 3.05) is 26.2 Å². The van der Waals surface area contributed by atoms with Crippen LogP contribution >= 0.6 is 22.9 Å². The first kappa shape index (κ1) is 32.4. The number of quaternary nitrogens is 1. The Hall–Kier alpha value is -0.610. The first-order chi connectivity index (χ1) is 15.3. The molecule has 33 heavy (non-hydrogen) atoms. The smallest absolute Gasteiger partial charge is 0.418 e. The van der Waals surface area contributed by atoms with Gasteiger partial charge in [0.2, 0.25) is 0 Å². The van der Waals surface area contributed by atoms with Crippen LogP contribution in [-0.4, -0.2) is 49.8 Å². The first-order valence-corrected chi connectivity index (χ1v) is 14.4. The Balaban J connectivity index is 0.000000621. The van der Waals surface area contributed by atoms with Gasteiger partial charge < -0.3 is 9.04 Å². The number of unbranched alkanes of at least 4 members (excludes halogenated alkanes) is 4. The molecule has 0 saturated heterocycles. The van der Waals surface area contributed by atoms with Crippen LogP contribution in [0, 0.1) is 0 Å². The standard InChI is InChI=1S/C16H36N.C7H4ClF3O3S2/c1-5-9-13-17(14-10-6-2,15-11-7-3)16-12-8-4;8-6-2-1-5(15-6)4(7(9,10)11)3-16(12,13)14/h5-16H2,1-4H3;1-3H,(H,12,13,14)/q+1;/p-1/b;4-3-. The largest absolute Gasteiger partial charge is 0.744 e. The molecule has 1 heterocycles. The molecule has 0 unspecified atom stereocenters. The molecule has 4 nitrogen and oxygen atoms in total. The van der Waals surface area contributed by atoms with Gasteiger partial charge in [0, 0.05) is 10.3 Å². The number of hydrogen-bond donors (Lipinski definition) is 0. The van der Waals surface area contributed by atoms with E-state index in [9.17, 15) is 26.1 Å². The molecule has 0 aliphatic carbocycles. The van der Waals surface area contributed by atoms with Crippen LogP contribution in [0.3, 0.4) is 0 Å². The Morgan fingerprint density at radius 3 is 1.58 bits per heavy atom. The fraction of sp³-hybridized carbons (Fsp3) is 0.739. The molecule has 1 aromatic rings. The molecule has 0 radical (unpaired) electrons. The monoisotopic (exact) mass is 533 g/mol. The maximum Gasteiger partial charge on any atom is 0.418 e. The Morgan fingerprint density at radius 2 is 1.33 bits per heavy atom. The summed E-state index contributed by atoms with van der Waals surface area (Å²) in [5, 5.41) is -0.352. The van der Waals surface area contributed by atoms with Crippen LogP contribution < -0.4 is 0 Å². The number of allylic oxidation sites excluding steroid dienone is 1. The van der Waals surface area contributed by atoms with Crippen LogP contribution in [0.25, 0.3) is 5.57 Å². The number of thiophene rings is 1. The zero-order valence-electron chi connectivity index (χ0n) is 20.2. The van der Waals surface area contributed by atoms with E-state index in [4.69, 9.17) is 11.6 Å². The highest BCUT2D eigenvalue weighted by atomic mass is 35.5. The van der Waals surface area contributed by atoms with Crippen molar-refractivity contribution in [2.24, 2.45) is 0 Å². The van der Waals surface area contributed by atoms with Gasteiger partial charge in [-0.05, 0) is 37.8 Å². The van der Waals surface area contributed by atoms with Crippen LogP contribution in [0.4, 0.5) is 13.2 Å². The molecule has 0 fully saturated rings. The maximum absolute atomic E-state index is 12.4. The van der Waals surface area contributed by atoms with Crippen LogP contribution in [-0.2, 0) is 10.1 Å². The third kappa shape index (κ3) is 14.4. The molecule has 1 aromatic heterocycles. The molecule has 10 heteroatoms. The van der Waals surface area contributed by atoms with Crippen LogP contribution in [0.5, 0.6) is 0 Å². The summed E-state index contributed by atoms with van der Waals surface area (Å²) in [4.78, 5) is -0.420. The summed E-state index contributed by atoms with van der Waals surface area (Å²) < 4.78 is 69.7. The SMILES string of the molecule is CCCC[N+](CCCC)(CCCC)CCCC.O=S(=O)([O-])/C=C(/c1ccc(Cl)s1)C(F)(F)F. The number of nitrogens with zero attached hydrogens (tertiary/aromatic N) is 1. The Bertz CT molecular complexity index is 756. The van der Waals surface area contributed by atoms with E-state index in [1.165, 1.54) is 88.1 Å². The molecular formula is C23H39ClF3NO3S2. The molecule has 0 aliphatic rings. The predicted octanol–water partition coefficient (Wildman–Crippen LogP) is 7.85. The average molecular weight is 534 g/mol. The van der Waals surface area contributed by atoms with Gasteiger partial charge >= 0.3 is 6.18 Å². The maximum atomic E-state index is 12.4. The zero-order valence-corrected chi connectivity index (χ0v) is 22.6. The van der Waals surface area contributed by atoms with Crippen LogP contribution in [0.1, 0.15) is 83.9 Å². The lowest BCUT2D eigenvalue weighted by atomic mass is 10.1. The zero-order chi connectivity index (χ0) is 25.5. The molecular weight excluding hydrogens is 495 g/mol. The van der Waals surface area contributed by atoms with Crippen molar-refractivity contribution < 1.29 is 30.6 Å². The average Bonchev–Trinajstić information content (AvgIpc) is 3.16. The lowest BCUT2D eigenvalue weighted by Gasteiger charge is -2.39. The highest BCUT2D eigenvalue weighted by Gasteiger charge is 2.36. The van der Waals surface area contributed by atoms with Gasteiger partial charge in [-0.3, -0.25) is 0 Å². The van der Waals surface area contributed by atoms with Gasteiger partial charge in [0.25, 0.3) is 0 Å². The molecule has 0 saturated carbocycles. The summed E-state index contributed by atoms with van der Waals surface area (Å²) in [6.07, 6.45) is 6.14. The van der Waals surface area contributed by atoms with Gasteiger partial charge in [-0.1, -0.05) is 65.0 Å². The topological polar surface area (TPSA) is 57.2 Å². The molecule has 0 bridgehead atoms. The predicted molar refractivity (Wildman–Crippen MR) is 132 cm³/mol. The second-order valence-corrected chi connectivity index (χ2v) is 11.2. The highest BCUT2D eigenvalue weighted by Crippen LogP contribution is 2.38. The second-order valence-electron chi connectivity index (χ2n) is 8.28. The highest BCUT2D eigenvalue weighted by molar-refractivity contribution is 7.88.